The van der Waals surface area contributed by atoms with Crippen LogP contribution in [0.2, 0.25) is 0 Å². The summed E-state index contributed by atoms with van der Waals surface area (Å²) in [7, 11) is 0. The maximum atomic E-state index is 12.0. The van der Waals surface area contributed by atoms with Crippen molar-refractivity contribution in [1.29, 1.82) is 0 Å². The smallest absolute Gasteiger partial charge is 0.218 e. The van der Waals surface area contributed by atoms with Gasteiger partial charge < -0.3 is 9.47 Å². The van der Waals surface area contributed by atoms with E-state index in [1.807, 2.05) is 22.1 Å². The van der Waals surface area contributed by atoms with Crippen LogP contribution < -0.4 is 0 Å². The van der Waals surface area contributed by atoms with E-state index in [1.54, 1.807) is 22.1 Å². The van der Waals surface area contributed by atoms with Gasteiger partial charge in [0.15, 0.2) is 16.4 Å². The van der Waals surface area contributed by atoms with Crippen LogP contribution in [-0.4, -0.2) is 39.1 Å². The summed E-state index contributed by atoms with van der Waals surface area (Å²) >= 11 is 7.20. The van der Waals surface area contributed by atoms with Gasteiger partial charge in [0.2, 0.25) is 6.29 Å². The number of nitrogens with zero attached hydrogens (tertiary/aromatic N) is 3. The molecule has 2 bridgehead atoms. The van der Waals surface area contributed by atoms with Crippen molar-refractivity contribution in [3.05, 3.63) is 34.9 Å². The molecule has 0 aliphatic carbocycles. The third kappa shape index (κ3) is 2.42. The van der Waals surface area contributed by atoms with Crippen molar-refractivity contribution in [3.8, 4) is 10.7 Å². The summed E-state index contributed by atoms with van der Waals surface area (Å²) in [6.45, 7) is 4.75. The van der Waals surface area contributed by atoms with Crippen molar-refractivity contribution in [2.75, 3.05) is 6.61 Å². The Bertz CT molecular complexity index is 809. The first kappa shape index (κ1) is 14.9. The Morgan fingerprint density at radius 3 is 3.17 bits per heavy atom. The van der Waals surface area contributed by atoms with Crippen molar-refractivity contribution >= 4 is 29.3 Å². The highest BCUT2D eigenvalue weighted by Gasteiger charge is 2.45. The van der Waals surface area contributed by atoms with E-state index in [0.29, 0.717) is 24.3 Å². The van der Waals surface area contributed by atoms with Crippen molar-refractivity contribution in [3.63, 3.8) is 0 Å². The van der Waals surface area contributed by atoms with E-state index in [0.717, 1.165) is 10.7 Å². The number of ketones is 1. The summed E-state index contributed by atoms with van der Waals surface area (Å²) in [6, 6.07) is 3.75. The molecule has 0 radical (unpaired) electrons. The van der Waals surface area contributed by atoms with Gasteiger partial charge in [-0.3, -0.25) is 9.36 Å². The average molecular weight is 349 g/mol. The van der Waals surface area contributed by atoms with E-state index in [2.05, 4.69) is 6.58 Å². The minimum absolute atomic E-state index is 0.0541. The fourth-order valence-corrected chi connectivity index (χ4v) is 4.03. The van der Waals surface area contributed by atoms with Crippen LogP contribution in [0.3, 0.4) is 0 Å². The number of carbonyl (C=O) groups is 1. The van der Waals surface area contributed by atoms with Gasteiger partial charge in [-0.25, -0.2) is 4.68 Å². The molecule has 0 amide bonds. The van der Waals surface area contributed by atoms with Crippen molar-refractivity contribution in [2.45, 2.75) is 31.4 Å². The molecule has 6 nitrogen and oxygen atoms in total. The second-order valence-electron chi connectivity index (χ2n) is 5.50. The van der Waals surface area contributed by atoms with Crippen molar-refractivity contribution in [2.24, 2.45) is 0 Å². The molecule has 0 aromatic carbocycles. The number of carbonyl (C=O) groups excluding carboxylic acids is 1. The second kappa shape index (κ2) is 5.79. The zero-order chi connectivity index (χ0) is 16.0. The van der Waals surface area contributed by atoms with Gasteiger partial charge in [0.25, 0.3) is 0 Å². The molecule has 0 saturated carbocycles. The SMILES string of the molecule is C=CCn1c(-c2cccs2)nn([C@H]2CC(=O)[C@@H]3OC[C@H]2O3)c1=S. The lowest BCUT2D eigenvalue weighted by Crippen LogP contribution is -2.37. The van der Waals surface area contributed by atoms with Gasteiger partial charge in [-0.1, -0.05) is 12.1 Å². The Morgan fingerprint density at radius 1 is 1.57 bits per heavy atom. The lowest BCUT2D eigenvalue weighted by Gasteiger charge is -2.26. The average Bonchev–Trinajstić information content (AvgIpc) is 3.25. The maximum Gasteiger partial charge on any atom is 0.218 e. The molecule has 2 aliphatic rings. The molecule has 4 heterocycles. The van der Waals surface area contributed by atoms with Crippen LogP contribution in [0.5, 0.6) is 0 Å². The predicted octanol–water partition coefficient (Wildman–Crippen LogP) is 2.58. The highest BCUT2D eigenvalue weighted by atomic mass is 32.1. The second-order valence-corrected chi connectivity index (χ2v) is 6.82. The number of aromatic nitrogens is 3. The third-order valence-corrected chi connectivity index (χ3v) is 5.34. The first-order chi connectivity index (χ1) is 11.2. The third-order valence-electron chi connectivity index (χ3n) is 4.07. The van der Waals surface area contributed by atoms with Crippen LogP contribution in [0.4, 0.5) is 0 Å². The minimum atomic E-state index is -0.711. The lowest BCUT2D eigenvalue weighted by atomic mass is 10.0. The Balaban J connectivity index is 1.80. The Kier molecular flexibility index (Phi) is 3.76. The Labute approximate surface area is 141 Å². The molecule has 8 heteroatoms. The molecule has 2 aromatic heterocycles. The van der Waals surface area contributed by atoms with E-state index in [4.69, 9.17) is 26.8 Å². The fraction of sp³-hybridized carbons (Fsp3) is 0.400. The van der Waals surface area contributed by atoms with E-state index in [9.17, 15) is 4.79 Å². The van der Waals surface area contributed by atoms with Crippen LogP contribution in [0.15, 0.2) is 30.2 Å². The number of hydrogen-bond donors (Lipinski definition) is 0. The van der Waals surface area contributed by atoms with Crippen LogP contribution in [0.1, 0.15) is 12.5 Å². The normalized spacial score (nSPS) is 26.6. The number of fused-ring (bicyclic) bond motifs is 2. The number of Topliss-reactive ketones (excluding diaryl/α,β-unsaturated/α-hetero) is 1. The molecule has 2 fully saturated rings. The van der Waals surface area contributed by atoms with E-state index in [-0.39, 0.29) is 17.9 Å². The number of hydrogen-bond acceptors (Lipinski definition) is 6. The molecule has 2 aliphatic heterocycles. The van der Waals surface area contributed by atoms with Crippen LogP contribution >= 0.6 is 23.6 Å². The molecular formula is C15H15N3O3S2. The summed E-state index contributed by atoms with van der Waals surface area (Å²) in [4.78, 5) is 13.1. The number of ether oxygens (including phenoxy) is 2. The molecule has 23 heavy (non-hydrogen) atoms. The number of thiophene rings is 1. The van der Waals surface area contributed by atoms with Crippen LogP contribution in [0.25, 0.3) is 10.7 Å². The maximum absolute atomic E-state index is 12.0. The molecule has 0 N–H and O–H groups in total. The summed E-state index contributed by atoms with van der Waals surface area (Å²) in [5.41, 5.74) is 0. The largest absolute Gasteiger partial charge is 0.343 e. The molecule has 2 aromatic rings. The quantitative estimate of drug-likeness (QED) is 0.627. The van der Waals surface area contributed by atoms with E-state index >= 15 is 0 Å². The number of rotatable bonds is 4. The van der Waals surface area contributed by atoms with Gasteiger partial charge in [0, 0.05) is 13.0 Å². The van der Waals surface area contributed by atoms with Gasteiger partial charge in [0.1, 0.15) is 6.10 Å². The van der Waals surface area contributed by atoms with E-state index < -0.39 is 6.29 Å². The monoisotopic (exact) mass is 349 g/mol. The number of allylic oxidation sites excluding steroid dienone is 1. The van der Waals surface area contributed by atoms with Gasteiger partial charge in [-0.05, 0) is 23.7 Å². The highest BCUT2D eigenvalue weighted by Crippen LogP contribution is 2.34. The summed E-state index contributed by atoms with van der Waals surface area (Å²) in [6.07, 6.45) is 1.22. The van der Waals surface area contributed by atoms with Crippen LogP contribution in [0, 0.1) is 4.77 Å². The summed E-state index contributed by atoms with van der Waals surface area (Å²) in [5, 5.41) is 6.69. The standard InChI is InChI=1S/C15H15N3O3S2/c1-2-5-17-13(12-4-3-6-23-12)16-18(15(17)22)9-7-10(19)14-20-8-11(9)21-14/h2-4,6,9,11,14H,1,5,7-8H2/t9-,11+,14+/m0/s1. The molecule has 0 unspecified atom stereocenters. The zero-order valence-corrected chi connectivity index (χ0v) is 13.9. The fourth-order valence-electron chi connectivity index (χ4n) is 2.98. The molecule has 120 valence electrons. The molecule has 4 rings (SSSR count). The Morgan fingerprint density at radius 2 is 2.43 bits per heavy atom. The Hall–Kier alpha value is -1.61. The first-order valence-corrected chi connectivity index (χ1v) is 8.61. The lowest BCUT2D eigenvalue weighted by molar-refractivity contribution is -0.156. The zero-order valence-electron chi connectivity index (χ0n) is 12.3. The molecule has 3 atom stereocenters. The van der Waals surface area contributed by atoms with Crippen molar-refractivity contribution in [1.82, 2.24) is 14.3 Å². The van der Waals surface area contributed by atoms with Crippen LogP contribution in [-0.2, 0) is 20.8 Å². The van der Waals surface area contributed by atoms with Gasteiger partial charge in [-0.15, -0.1) is 17.9 Å². The summed E-state index contributed by atoms with van der Waals surface area (Å²) < 4.78 is 15.2. The molecule has 0 spiro atoms. The first-order valence-electron chi connectivity index (χ1n) is 7.33. The molecular weight excluding hydrogens is 334 g/mol. The topological polar surface area (TPSA) is 58.3 Å². The van der Waals surface area contributed by atoms with Gasteiger partial charge in [0.05, 0.1) is 17.5 Å². The molecule has 2 saturated heterocycles. The minimum Gasteiger partial charge on any atom is -0.343 e. The highest BCUT2D eigenvalue weighted by molar-refractivity contribution is 7.71. The van der Waals surface area contributed by atoms with E-state index in [1.165, 1.54) is 0 Å². The predicted molar refractivity (Wildman–Crippen MR) is 87.8 cm³/mol. The van der Waals surface area contributed by atoms with Gasteiger partial charge >= 0.3 is 0 Å². The van der Waals surface area contributed by atoms with Gasteiger partial charge in [-0.2, -0.15) is 5.10 Å². The summed E-state index contributed by atoms with van der Waals surface area (Å²) in [5.74, 6) is 0.736. The van der Waals surface area contributed by atoms with Crippen molar-refractivity contribution < 1.29 is 14.3 Å².